The number of hydrogen-bond donors (Lipinski definition) is 1. The SMILES string of the molecule is Cc1ccnc(OCC2CNCC(C)O2)c1C#N. The summed E-state index contributed by atoms with van der Waals surface area (Å²) in [4.78, 5) is 4.09. The van der Waals surface area contributed by atoms with E-state index in [1.54, 1.807) is 12.3 Å². The second-order valence-electron chi connectivity index (χ2n) is 4.46. The maximum absolute atomic E-state index is 9.06. The van der Waals surface area contributed by atoms with E-state index >= 15 is 0 Å². The van der Waals surface area contributed by atoms with Crippen LogP contribution in [-0.4, -0.2) is 36.9 Å². The summed E-state index contributed by atoms with van der Waals surface area (Å²) in [5.41, 5.74) is 1.37. The molecule has 0 aliphatic carbocycles. The number of aryl methyl sites for hydroxylation is 1. The minimum atomic E-state index is 0.00241. The van der Waals surface area contributed by atoms with Crippen molar-refractivity contribution in [3.63, 3.8) is 0 Å². The Hall–Kier alpha value is -1.64. The van der Waals surface area contributed by atoms with E-state index in [0.29, 0.717) is 18.1 Å². The van der Waals surface area contributed by atoms with Gasteiger partial charge in [0.1, 0.15) is 24.3 Å². The van der Waals surface area contributed by atoms with Crippen molar-refractivity contribution in [1.29, 1.82) is 5.26 Å². The Labute approximate surface area is 107 Å². The van der Waals surface area contributed by atoms with Crippen LogP contribution in [0.4, 0.5) is 0 Å². The summed E-state index contributed by atoms with van der Waals surface area (Å²) in [6.45, 7) is 5.92. The van der Waals surface area contributed by atoms with Gasteiger partial charge in [-0.1, -0.05) is 0 Å². The number of nitrogens with zero attached hydrogens (tertiary/aromatic N) is 2. The molecule has 1 aromatic heterocycles. The molecule has 0 bridgehead atoms. The van der Waals surface area contributed by atoms with Crippen LogP contribution in [0.5, 0.6) is 5.88 Å². The molecule has 0 spiro atoms. The van der Waals surface area contributed by atoms with Gasteiger partial charge in [0.15, 0.2) is 0 Å². The van der Waals surface area contributed by atoms with Gasteiger partial charge in [-0.05, 0) is 25.5 Å². The molecule has 2 heterocycles. The summed E-state index contributed by atoms with van der Waals surface area (Å²) in [6.07, 6.45) is 1.84. The van der Waals surface area contributed by atoms with Crippen LogP contribution in [-0.2, 0) is 4.74 Å². The van der Waals surface area contributed by atoms with Crippen molar-refractivity contribution in [2.75, 3.05) is 19.7 Å². The van der Waals surface area contributed by atoms with Gasteiger partial charge in [0.05, 0.1) is 6.10 Å². The summed E-state index contributed by atoms with van der Waals surface area (Å²) in [5.74, 6) is 0.388. The van der Waals surface area contributed by atoms with Gasteiger partial charge in [-0.15, -0.1) is 0 Å². The summed E-state index contributed by atoms with van der Waals surface area (Å²) < 4.78 is 11.3. The number of rotatable bonds is 3. The van der Waals surface area contributed by atoms with Crippen LogP contribution in [0.25, 0.3) is 0 Å². The highest BCUT2D eigenvalue weighted by Gasteiger charge is 2.20. The number of pyridine rings is 1. The first kappa shape index (κ1) is 12.8. The predicted octanol–water partition coefficient (Wildman–Crippen LogP) is 1.02. The number of hydrogen-bond acceptors (Lipinski definition) is 5. The molecule has 96 valence electrons. The van der Waals surface area contributed by atoms with Crippen LogP contribution in [0.15, 0.2) is 12.3 Å². The molecule has 18 heavy (non-hydrogen) atoms. The molecule has 5 nitrogen and oxygen atoms in total. The molecule has 2 atom stereocenters. The zero-order valence-corrected chi connectivity index (χ0v) is 10.6. The maximum atomic E-state index is 9.06. The van der Waals surface area contributed by atoms with Gasteiger partial charge < -0.3 is 14.8 Å². The third kappa shape index (κ3) is 2.97. The molecule has 0 aromatic carbocycles. The highest BCUT2D eigenvalue weighted by molar-refractivity contribution is 5.43. The Morgan fingerprint density at radius 2 is 2.44 bits per heavy atom. The predicted molar refractivity (Wildman–Crippen MR) is 66.4 cm³/mol. The van der Waals surface area contributed by atoms with Crippen LogP contribution in [0, 0.1) is 18.3 Å². The monoisotopic (exact) mass is 247 g/mol. The lowest BCUT2D eigenvalue weighted by atomic mass is 10.2. The van der Waals surface area contributed by atoms with Crippen molar-refractivity contribution in [2.45, 2.75) is 26.1 Å². The van der Waals surface area contributed by atoms with E-state index in [1.165, 1.54) is 0 Å². The van der Waals surface area contributed by atoms with E-state index in [9.17, 15) is 0 Å². The molecule has 1 aliphatic heterocycles. The van der Waals surface area contributed by atoms with Crippen LogP contribution < -0.4 is 10.1 Å². The minimum Gasteiger partial charge on any atom is -0.474 e. The lowest BCUT2D eigenvalue weighted by Gasteiger charge is -2.28. The fourth-order valence-electron chi connectivity index (χ4n) is 1.92. The van der Waals surface area contributed by atoms with Crippen molar-refractivity contribution >= 4 is 0 Å². The Morgan fingerprint density at radius 1 is 1.61 bits per heavy atom. The Bertz CT molecular complexity index is 456. The number of nitrogens with one attached hydrogen (secondary N) is 1. The molecule has 1 aromatic rings. The van der Waals surface area contributed by atoms with Crippen molar-refractivity contribution in [2.24, 2.45) is 0 Å². The molecular weight excluding hydrogens is 230 g/mol. The highest BCUT2D eigenvalue weighted by atomic mass is 16.5. The van der Waals surface area contributed by atoms with E-state index < -0.39 is 0 Å². The summed E-state index contributed by atoms with van der Waals surface area (Å²) in [6, 6.07) is 3.91. The van der Waals surface area contributed by atoms with Gasteiger partial charge in [-0.2, -0.15) is 5.26 Å². The Kier molecular flexibility index (Phi) is 4.13. The lowest BCUT2D eigenvalue weighted by molar-refractivity contribution is -0.0477. The quantitative estimate of drug-likeness (QED) is 0.863. The normalized spacial score (nSPS) is 23.4. The second kappa shape index (κ2) is 5.80. The fourth-order valence-corrected chi connectivity index (χ4v) is 1.92. The molecule has 0 amide bonds. The first-order valence-corrected chi connectivity index (χ1v) is 6.05. The zero-order chi connectivity index (χ0) is 13.0. The fraction of sp³-hybridized carbons (Fsp3) is 0.538. The second-order valence-corrected chi connectivity index (χ2v) is 4.46. The van der Waals surface area contributed by atoms with E-state index in [4.69, 9.17) is 14.7 Å². The van der Waals surface area contributed by atoms with Gasteiger partial charge in [-0.25, -0.2) is 4.98 Å². The standard InChI is InChI=1S/C13H17N3O2/c1-9-3-4-16-13(12(9)5-14)17-8-11-7-15-6-10(2)18-11/h3-4,10-11,15H,6-8H2,1-2H3. The first-order valence-electron chi connectivity index (χ1n) is 6.05. The molecule has 1 aliphatic rings. The van der Waals surface area contributed by atoms with Gasteiger partial charge >= 0.3 is 0 Å². The van der Waals surface area contributed by atoms with E-state index in [1.807, 2.05) is 13.8 Å². The van der Waals surface area contributed by atoms with Crippen molar-refractivity contribution in [3.8, 4) is 11.9 Å². The van der Waals surface area contributed by atoms with Crippen LogP contribution in [0.3, 0.4) is 0 Å². The first-order chi connectivity index (χ1) is 8.70. The van der Waals surface area contributed by atoms with E-state index in [0.717, 1.165) is 18.7 Å². The Balaban J connectivity index is 1.98. The highest BCUT2D eigenvalue weighted by Crippen LogP contribution is 2.18. The molecular formula is C13H17N3O2. The zero-order valence-electron chi connectivity index (χ0n) is 10.6. The van der Waals surface area contributed by atoms with Crippen molar-refractivity contribution < 1.29 is 9.47 Å². The van der Waals surface area contributed by atoms with Gasteiger partial charge in [-0.3, -0.25) is 0 Å². The largest absolute Gasteiger partial charge is 0.474 e. The van der Waals surface area contributed by atoms with Gasteiger partial charge in [0, 0.05) is 19.3 Å². The van der Waals surface area contributed by atoms with E-state index in [-0.39, 0.29) is 12.2 Å². The van der Waals surface area contributed by atoms with Crippen molar-refractivity contribution in [1.82, 2.24) is 10.3 Å². The molecule has 0 radical (unpaired) electrons. The molecule has 2 unspecified atom stereocenters. The summed E-state index contributed by atoms with van der Waals surface area (Å²) >= 11 is 0. The molecule has 1 saturated heterocycles. The molecule has 2 rings (SSSR count). The van der Waals surface area contributed by atoms with Crippen LogP contribution in [0.1, 0.15) is 18.1 Å². The molecule has 5 heteroatoms. The average molecular weight is 247 g/mol. The summed E-state index contributed by atoms with van der Waals surface area (Å²) in [5, 5.41) is 12.3. The molecule has 0 saturated carbocycles. The van der Waals surface area contributed by atoms with Crippen LogP contribution >= 0.6 is 0 Å². The molecule has 1 fully saturated rings. The van der Waals surface area contributed by atoms with Crippen molar-refractivity contribution in [3.05, 3.63) is 23.4 Å². The van der Waals surface area contributed by atoms with Crippen LogP contribution in [0.2, 0.25) is 0 Å². The molecule has 1 N–H and O–H groups in total. The van der Waals surface area contributed by atoms with E-state index in [2.05, 4.69) is 16.4 Å². The number of nitriles is 1. The van der Waals surface area contributed by atoms with Gasteiger partial charge in [0.2, 0.25) is 5.88 Å². The third-order valence-corrected chi connectivity index (χ3v) is 2.87. The maximum Gasteiger partial charge on any atom is 0.232 e. The smallest absolute Gasteiger partial charge is 0.232 e. The topological polar surface area (TPSA) is 67.2 Å². The average Bonchev–Trinajstić information content (AvgIpc) is 2.36. The minimum absolute atomic E-state index is 0.00241. The number of aromatic nitrogens is 1. The number of ether oxygens (including phenoxy) is 2. The summed E-state index contributed by atoms with van der Waals surface area (Å²) in [7, 11) is 0. The third-order valence-electron chi connectivity index (χ3n) is 2.87. The number of morpholine rings is 1. The van der Waals surface area contributed by atoms with Gasteiger partial charge in [0.25, 0.3) is 0 Å². The lowest BCUT2D eigenvalue weighted by Crippen LogP contribution is -2.45. The Morgan fingerprint density at radius 3 is 3.17 bits per heavy atom.